The first kappa shape index (κ1) is 26.9. The van der Waals surface area contributed by atoms with Gasteiger partial charge in [0, 0.05) is 0 Å². The van der Waals surface area contributed by atoms with E-state index in [2.05, 4.69) is 0 Å². The van der Waals surface area contributed by atoms with E-state index < -0.39 is 48.3 Å². The zero-order valence-electron chi connectivity index (χ0n) is 19.4. The highest BCUT2D eigenvalue weighted by Gasteiger charge is 2.33. The summed E-state index contributed by atoms with van der Waals surface area (Å²) in [6.07, 6.45) is -4.69. The van der Waals surface area contributed by atoms with Gasteiger partial charge in [0.15, 0.2) is 6.10 Å². The van der Waals surface area contributed by atoms with Crippen LogP contribution in [0.1, 0.15) is 53.5 Å². The van der Waals surface area contributed by atoms with E-state index in [1.165, 1.54) is 6.92 Å². The number of ether oxygens (including phenoxy) is 5. The molecular formula is C23H32O9. The molecule has 0 heterocycles. The van der Waals surface area contributed by atoms with E-state index in [1.54, 1.807) is 45.0 Å². The lowest BCUT2D eigenvalue weighted by Gasteiger charge is -2.22. The summed E-state index contributed by atoms with van der Waals surface area (Å²) in [5.74, 6) is -2.55. The van der Waals surface area contributed by atoms with E-state index >= 15 is 0 Å². The molecule has 178 valence electrons. The SMILES string of the molecule is CC(C)COC(=O)[C@H](C)OC(=O)[C@H](CC(=O)OCc1ccccc1)OC(=O)OC(C)(C)C. The molecule has 0 N–H and O–H groups in total. The topological polar surface area (TPSA) is 114 Å². The third-order valence-electron chi connectivity index (χ3n) is 3.67. The van der Waals surface area contributed by atoms with Gasteiger partial charge < -0.3 is 23.7 Å². The van der Waals surface area contributed by atoms with E-state index in [1.807, 2.05) is 19.9 Å². The molecule has 2 atom stereocenters. The molecule has 1 rings (SSSR count). The molecule has 0 saturated carbocycles. The van der Waals surface area contributed by atoms with Crippen LogP contribution in [-0.4, -0.2) is 48.5 Å². The molecule has 0 aromatic heterocycles. The first-order chi connectivity index (χ1) is 14.9. The Balaban J connectivity index is 2.77. The predicted octanol–water partition coefficient (Wildman–Crippen LogP) is 3.57. The van der Waals surface area contributed by atoms with Crippen LogP contribution in [0, 0.1) is 5.92 Å². The first-order valence-corrected chi connectivity index (χ1v) is 10.3. The van der Waals surface area contributed by atoms with Crippen LogP contribution in [0.15, 0.2) is 30.3 Å². The van der Waals surface area contributed by atoms with E-state index in [0.717, 1.165) is 5.56 Å². The van der Waals surface area contributed by atoms with Crippen molar-refractivity contribution in [1.82, 2.24) is 0 Å². The maximum absolute atomic E-state index is 12.5. The lowest BCUT2D eigenvalue weighted by atomic mass is 10.2. The van der Waals surface area contributed by atoms with Crippen LogP contribution < -0.4 is 0 Å². The molecule has 0 aliphatic rings. The summed E-state index contributed by atoms with van der Waals surface area (Å²) in [5.41, 5.74) is -0.137. The minimum Gasteiger partial charge on any atom is -0.463 e. The van der Waals surface area contributed by atoms with Crippen molar-refractivity contribution in [3.05, 3.63) is 35.9 Å². The molecule has 9 nitrogen and oxygen atoms in total. The van der Waals surface area contributed by atoms with Crippen molar-refractivity contribution in [2.45, 2.75) is 72.4 Å². The van der Waals surface area contributed by atoms with Gasteiger partial charge in [-0.1, -0.05) is 44.2 Å². The molecule has 0 radical (unpaired) electrons. The molecular weight excluding hydrogens is 420 g/mol. The molecule has 0 unspecified atom stereocenters. The average Bonchev–Trinajstić information content (AvgIpc) is 2.69. The Bertz CT molecular complexity index is 765. The quantitative estimate of drug-likeness (QED) is 0.388. The second-order valence-electron chi connectivity index (χ2n) is 8.52. The molecule has 0 aliphatic heterocycles. The Kier molecular flexibility index (Phi) is 10.7. The maximum Gasteiger partial charge on any atom is 0.509 e. The summed E-state index contributed by atoms with van der Waals surface area (Å²) < 4.78 is 25.2. The van der Waals surface area contributed by atoms with E-state index in [9.17, 15) is 19.2 Å². The van der Waals surface area contributed by atoms with Crippen molar-refractivity contribution < 1.29 is 42.9 Å². The molecule has 9 heteroatoms. The van der Waals surface area contributed by atoms with Crippen LogP contribution in [0.4, 0.5) is 4.79 Å². The summed E-state index contributed by atoms with van der Waals surface area (Å²) in [5, 5.41) is 0. The highest BCUT2D eigenvalue weighted by Crippen LogP contribution is 2.14. The van der Waals surface area contributed by atoms with E-state index in [4.69, 9.17) is 23.7 Å². The van der Waals surface area contributed by atoms with Crippen molar-refractivity contribution in [1.29, 1.82) is 0 Å². The summed E-state index contributed by atoms with van der Waals surface area (Å²) in [4.78, 5) is 48.8. The Morgan fingerprint density at radius 1 is 0.875 bits per heavy atom. The second kappa shape index (κ2) is 12.7. The van der Waals surface area contributed by atoms with E-state index in [0.29, 0.717) is 0 Å². The summed E-state index contributed by atoms with van der Waals surface area (Å²) in [7, 11) is 0. The standard InChI is InChI=1S/C23H32O9/c1-15(2)13-29-20(25)16(3)30-21(26)18(31-22(27)32-23(4,5)6)12-19(24)28-14-17-10-8-7-9-11-17/h7-11,15-16,18H,12-14H2,1-6H3/t16-,18-/m0/s1. The number of carbonyl (C=O) groups excluding carboxylic acids is 4. The first-order valence-electron chi connectivity index (χ1n) is 10.3. The highest BCUT2D eigenvalue weighted by molar-refractivity contribution is 5.86. The average molecular weight is 453 g/mol. The molecule has 0 bridgehead atoms. The Morgan fingerprint density at radius 2 is 1.50 bits per heavy atom. The maximum atomic E-state index is 12.5. The van der Waals surface area contributed by atoms with Gasteiger partial charge in [0.05, 0.1) is 13.0 Å². The third-order valence-corrected chi connectivity index (χ3v) is 3.67. The van der Waals surface area contributed by atoms with Crippen molar-refractivity contribution >= 4 is 24.1 Å². The minimum atomic E-state index is -1.66. The number of hydrogen-bond acceptors (Lipinski definition) is 9. The Labute approximate surface area is 188 Å². The second-order valence-corrected chi connectivity index (χ2v) is 8.52. The van der Waals surface area contributed by atoms with Crippen LogP contribution in [0.2, 0.25) is 0 Å². The van der Waals surface area contributed by atoms with Gasteiger partial charge in [-0.25, -0.2) is 14.4 Å². The van der Waals surface area contributed by atoms with Crippen LogP contribution in [-0.2, 0) is 44.7 Å². The predicted molar refractivity (Wildman–Crippen MR) is 113 cm³/mol. The molecule has 0 fully saturated rings. The molecule has 32 heavy (non-hydrogen) atoms. The normalized spacial score (nSPS) is 13.0. The van der Waals surface area contributed by atoms with Gasteiger partial charge >= 0.3 is 24.1 Å². The van der Waals surface area contributed by atoms with Crippen LogP contribution in [0.3, 0.4) is 0 Å². The number of esters is 3. The fraction of sp³-hybridized carbons (Fsp3) is 0.565. The number of carbonyl (C=O) groups is 4. The molecule has 0 spiro atoms. The third kappa shape index (κ3) is 11.3. The lowest BCUT2D eigenvalue weighted by molar-refractivity contribution is -0.175. The summed E-state index contributed by atoms with van der Waals surface area (Å²) >= 11 is 0. The van der Waals surface area contributed by atoms with Crippen molar-refractivity contribution in [2.75, 3.05) is 6.61 Å². The van der Waals surface area contributed by atoms with Gasteiger partial charge in [-0.15, -0.1) is 0 Å². The molecule has 1 aromatic rings. The Morgan fingerprint density at radius 3 is 2.06 bits per heavy atom. The van der Waals surface area contributed by atoms with Gasteiger partial charge in [-0.3, -0.25) is 4.79 Å². The van der Waals surface area contributed by atoms with Crippen LogP contribution >= 0.6 is 0 Å². The fourth-order valence-corrected chi connectivity index (χ4v) is 2.18. The van der Waals surface area contributed by atoms with Gasteiger partial charge in [0.25, 0.3) is 0 Å². The Hall–Kier alpha value is -3.10. The van der Waals surface area contributed by atoms with Crippen molar-refractivity contribution in [3.63, 3.8) is 0 Å². The fourth-order valence-electron chi connectivity index (χ4n) is 2.18. The smallest absolute Gasteiger partial charge is 0.463 e. The number of benzene rings is 1. The van der Waals surface area contributed by atoms with Crippen LogP contribution in [0.25, 0.3) is 0 Å². The van der Waals surface area contributed by atoms with Gasteiger partial charge in [0.2, 0.25) is 6.10 Å². The number of hydrogen-bond donors (Lipinski definition) is 0. The van der Waals surface area contributed by atoms with Crippen LogP contribution in [0.5, 0.6) is 0 Å². The monoisotopic (exact) mass is 452 g/mol. The highest BCUT2D eigenvalue weighted by atomic mass is 16.7. The molecule has 1 aromatic carbocycles. The molecule has 0 amide bonds. The zero-order valence-corrected chi connectivity index (χ0v) is 19.4. The van der Waals surface area contributed by atoms with Gasteiger partial charge in [0.1, 0.15) is 12.2 Å². The van der Waals surface area contributed by atoms with E-state index in [-0.39, 0.29) is 19.1 Å². The zero-order chi connectivity index (χ0) is 24.3. The largest absolute Gasteiger partial charge is 0.509 e. The lowest BCUT2D eigenvalue weighted by Crippen LogP contribution is -2.38. The van der Waals surface area contributed by atoms with Crippen molar-refractivity contribution in [2.24, 2.45) is 5.92 Å². The van der Waals surface area contributed by atoms with Gasteiger partial charge in [-0.05, 0) is 39.2 Å². The molecule has 0 saturated heterocycles. The van der Waals surface area contributed by atoms with Gasteiger partial charge in [-0.2, -0.15) is 0 Å². The molecule has 0 aliphatic carbocycles. The minimum absolute atomic E-state index is 0.0220. The summed E-state index contributed by atoms with van der Waals surface area (Å²) in [6, 6.07) is 8.92. The number of rotatable bonds is 10. The summed E-state index contributed by atoms with van der Waals surface area (Å²) in [6.45, 7) is 10.0. The van der Waals surface area contributed by atoms with Crippen molar-refractivity contribution in [3.8, 4) is 0 Å².